The van der Waals surface area contributed by atoms with E-state index in [9.17, 15) is 9.18 Å². The summed E-state index contributed by atoms with van der Waals surface area (Å²) in [6.07, 6.45) is 3.81. The van der Waals surface area contributed by atoms with Crippen LogP contribution in [0.2, 0.25) is 0 Å². The maximum absolute atomic E-state index is 14.1. The average molecular weight is 413 g/mol. The Balaban J connectivity index is 1.65. The van der Waals surface area contributed by atoms with Crippen molar-refractivity contribution in [3.05, 3.63) is 78.0 Å². The molecule has 4 rings (SSSR count). The molecule has 0 saturated heterocycles. The predicted octanol–water partition coefficient (Wildman–Crippen LogP) is 5.53. The number of fused-ring (bicyclic) bond motifs is 1. The van der Waals surface area contributed by atoms with Crippen LogP contribution in [0.15, 0.2) is 70.2 Å². The fourth-order valence-electron chi connectivity index (χ4n) is 2.85. The van der Waals surface area contributed by atoms with Crippen molar-refractivity contribution in [1.82, 2.24) is 4.98 Å². The number of para-hydroxylation sites is 1. The summed E-state index contributed by atoms with van der Waals surface area (Å²) in [4.78, 5) is 20.2. The van der Waals surface area contributed by atoms with Crippen LogP contribution >= 0.6 is 23.1 Å². The number of halogens is 1. The Morgan fingerprint density at radius 3 is 2.68 bits per heavy atom. The molecule has 2 heterocycles. The Bertz CT molecular complexity index is 1090. The fraction of sp³-hybridized carbons (Fsp3) is 0.143. The molecule has 4 aromatic rings. The van der Waals surface area contributed by atoms with Crippen LogP contribution in [0.25, 0.3) is 10.2 Å². The number of rotatable bonds is 6. The summed E-state index contributed by atoms with van der Waals surface area (Å²) >= 11 is 2.95. The van der Waals surface area contributed by atoms with Crippen LogP contribution in [0.3, 0.4) is 0 Å². The molecule has 0 spiro atoms. The first-order valence-electron chi connectivity index (χ1n) is 8.65. The molecular weight excluding hydrogens is 395 g/mol. The Morgan fingerprint density at radius 1 is 1.18 bits per heavy atom. The van der Waals surface area contributed by atoms with Gasteiger partial charge in [0.1, 0.15) is 17.1 Å². The molecule has 0 aliphatic heterocycles. The Labute approximate surface area is 170 Å². The Hall–Kier alpha value is -2.64. The number of benzene rings is 2. The molecule has 0 atom stereocenters. The van der Waals surface area contributed by atoms with Crippen LogP contribution in [0.1, 0.15) is 11.3 Å². The second kappa shape index (κ2) is 8.16. The van der Waals surface area contributed by atoms with Gasteiger partial charge in [0.25, 0.3) is 0 Å². The van der Waals surface area contributed by atoms with Gasteiger partial charge in [-0.3, -0.25) is 9.69 Å². The van der Waals surface area contributed by atoms with Gasteiger partial charge in [0.2, 0.25) is 5.91 Å². The van der Waals surface area contributed by atoms with Crippen LogP contribution in [0.4, 0.5) is 9.52 Å². The number of hydrogen-bond donors (Lipinski definition) is 0. The van der Waals surface area contributed by atoms with Gasteiger partial charge in [-0.1, -0.05) is 29.5 Å². The maximum Gasteiger partial charge on any atom is 0.233 e. The van der Waals surface area contributed by atoms with E-state index < -0.39 is 5.82 Å². The van der Waals surface area contributed by atoms with E-state index in [1.54, 1.807) is 47.2 Å². The first-order valence-corrected chi connectivity index (χ1v) is 10.7. The summed E-state index contributed by atoms with van der Waals surface area (Å²) in [7, 11) is 0. The molecule has 1 amide bonds. The number of thioether (sulfide) groups is 1. The molecule has 0 bridgehead atoms. The van der Waals surface area contributed by atoms with Crippen LogP contribution < -0.4 is 4.90 Å². The zero-order chi connectivity index (χ0) is 19.5. The molecule has 0 N–H and O–H groups in total. The standard InChI is InChI=1S/C21H17FN2O2S2/c1-27-16-9-7-14(8-10-16)12-19(25)24(13-15-4-3-11-26-15)21-23-20-17(22)5-2-6-18(20)28-21/h2-11H,12-13H2,1H3. The molecule has 28 heavy (non-hydrogen) atoms. The largest absolute Gasteiger partial charge is 0.467 e. The van der Waals surface area contributed by atoms with Gasteiger partial charge >= 0.3 is 0 Å². The number of hydrogen-bond acceptors (Lipinski definition) is 5. The molecule has 7 heteroatoms. The normalized spacial score (nSPS) is 11.1. The van der Waals surface area contributed by atoms with E-state index in [0.717, 1.165) is 10.5 Å². The zero-order valence-electron chi connectivity index (χ0n) is 15.1. The SMILES string of the molecule is CSc1ccc(CC(=O)N(Cc2ccco2)c2nc3c(F)cccc3s2)cc1. The van der Waals surface area contributed by atoms with Crippen LogP contribution in [0, 0.1) is 5.82 Å². The summed E-state index contributed by atoms with van der Waals surface area (Å²) in [5.41, 5.74) is 1.20. The number of thiazole rings is 1. The van der Waals surface area contributed by atoms with Crippen LogP contribution in [-0.2, 0) is 17.8 Å². The lowest BCUT2D eigenvalue weighted by Crippen LogP contribution is -2.31. The minimum absolute atomic E-state index is 0.118. The molecular formula is C21H17FN2O2S2. The number of anilines is 1. The van der Waals surface area contributed by atoms with Gasteiger partial charge in [0.15, 0.2) is 5.13 Å². The van der Waals surface area contributed by atoms with Crippen molar-refractivity contribution in [1.29, 1.82) is 0 Å². The van der Waals surface area contributed by atoms with E-state index in [4.69, 9.17) is 4.42 Å². The molecule has 0 aliphatic rings. The zero-order valence-corrected chi connectivity index (χ0v) is 16.7. The highest BCUT2D eigenvalue weighted by molar-refractivity contribution is 7.98. The van der Waals surface area contributed by atoms with Crippen molar-refractivity contribution in [2.24, 2.45) is 0 Å². The highest BCUT2D eigenvalue weighted by atomic mass is 32.2. The van der Waals surface area contributed by atoms with Gasteiger partial charge < -0.3 is 4.42 Å². The molecule has 0 fully saturated rings. The number of carbonyl (C=O) groups excluding carboxylic acids is 1. The average Bonchev–Trinajstić information content (AvgIpc) is 3.37. The monoisotopic (exact) mass is 412 g/mol. The van der Waals surface area contributed by atoms with Gasteiger partial charge in [-0.15, -0.1) is 11.8 Å². The van der Waals surface area contributed by atoms with Gasteiger partial charge in [0.05, 0.1) is 23.9 Å². The highest BCUT2D eigenvalue weighted by Crippen LogP contribution is 2.31. The van der Waals surface area contributed by atoms with Gasteiger partial charge in [-0.05, 0) is 48.2 Å². The topological polar surface area (TPSA) is 46.3 Å². The third-order valence-corrected chi connectivity index (χ3v) is 6.09. The van der Waals surface area contributed by atoms with Crippen LogP contribution in [-0.4, -0.2) is 17.1 Å². The summed E-state index contributed by atoms with van der Waals surface area (Å²) in [5.74, 6) is 0.136. The van der Waals surface area contributed by atoms with E-state index >= 15 is 0 Å². The van der Waals surface area contributed by atoms with Crippen molar-refractivity contribution in [2.45, 2.75) is 17.9 Å². The number of carbonyl (C=O) groups is 1. The minimum Gasteiger partial charge on any atom is -0.467 e. The third kappa shape index (κ3) is 3.95. The summed E-state index contributed by atoms with van der Waals surface area (Å²) in [6, 6.07) is 16.3. The van der Waals surface area contributed by atoms with E-state index in [2.05, 4.69) is 4.98 Å². The van der Waals surface area contributed by atoms with E-state index in [0.29, 0.717) is 15.6 Å². The summed E-state index contributed by atoms with van der Waals surface area (Å²) in [6.45, 7) is 0.246. The summed E-state index contributed by atoms with van der Waals surface area (Å²) < 4.78 is 20.2. The molecule has 4 nitrogen and oxygen atoms in total. The lowest BCUT2D eigenvalue weighted by Gasteiger charge is -2.19. The second-order valence-electron chi connectivity index (χ2n) is 6.17. The van der Waals surface area contributed by atoms with Crippen molar-refractivity contribution < 1.29 is 13.6 Å². The molecule has 0 radical (unpaired) electrons. The lowest BCUT2D eigenvalue weighted by atomic mass is 10.1. The van der Waals surface area contributed by atoms with Crippen LogP contribution in [0.5, 0.6) is 0 Å². The van der Waals surface area contributed by atoms with E-state index in [1.165, 1.54) is 17.4 Å². The third-order valence-electron chi connectivity index (χ3n) is 4.30. The molecule has 142 valence electrons. The van der Waals surface area contributed by atoms with Crippen molar-refractivity contribution >= 4 is 44.4 Å². The van der Waals surface area contributed by atoms with Gasteiger partial charge in [-0.2, -0.15) is 0 Å². The smallest absolute Gasteiger partial charge is 0.233 e. The number of furan rings is 1. The van der Waals surface area contributed by atoms with Gasteiger partial charge in [-0.25, -0.2) is 9.37 Å². The lowest BCUT2D eigenvalue weighted by molar-refractivity contribution is -0.118. The first kappa shape index (κ1) is 18.7. The van der Waals surface area contributed by atoms with Crippen molar-refractivity contribution in [3.63, 3.8) is 0 Å². The quantitative estimate of drug-likeness (QED) is 0.391. The Morgan fingerprint density at radius 2 is 2.00 bits per heavy atom. The molecule has 2 aromatic heterocycles. The number of aromatic nitrogens is 1. The predicted molar refractivity (Wildman–Crippen MR) is 111 cm³/mol. The van der Waals surface area contributed by atoms with Crippen molar-refractivity contribution in [3.8, 4) is 0 Å². The Kier molecular flexibility index (Phi) is 5.45. The van der Waals surface area contributed by atoms with Gasteiger partial charge in [0, 0.05) is 4.90 Å². The fourth-order valence-corrected chi connectivity index (χ4v) is 4.26. The number of nitrogens with zero attached hydrogens (tertiary/aromatic N) is 2. The molecule has 0 saturated carbocycles. The highest BCUT2D eigenvalue weighted by Gasteiger charge is 2.22. The van der Waals surface area contributed by atoms with Crippen molar-refractivity contribution in [2.75, 3.05) is 11.2 Å². The van der Waals surface area contributed by atoms with E-state index in [1.807, 2.05) is 30.5 Å². The molecule has 2 aromatic carbocycles. The van der Waals surface area contributed by atoms with E-state index in [-0.39, 0.29) is 24.4 Å². The minimum atomic E-state index is -0.391. The maximum atomic E-state index is 14.1. The second-order valence-corrected chi connectivity index (χ2v) is 8.06. The molecule has 0 unspecified atom stereocenters. The first-order chi connectivity index (χ1) is 13.6. The number of amides is 1. The molecule has 0 aliphatic carbocycles. The summed E-state index contributed by atoms with van der Waals surface area (Å²) in [5, 5.41) is 0.460.